The van der Waals surface area contributed by atoms with Gasteiger partial charge in [-0.05, 0) is 19.3 Å². The van der Waals surface area contributed by atoms with Crippen LogP contribution in [0.15, 0.2) is 12.2 Å². The molecule has 11 heavy (non-hydrogen) atoms. The maximum atomic E-state index is 11.0. The van der Waals surface area contributed by atoms with Gasteiger partial charge in [-0.3, -0.25) is 4.79 Å². The van der Waals surface area contributed by atoms with Crippen LogP contribution in [0.2, 0.25) is 0 Å². The summed E-state index contributed by atoms with van der Waals surface area (Å²) in [6.45, 7) is 0. The highest BCUT2D eigenvalue weighted by Gasteiger charge is 2.36. The molecule has 0 aromatic rings. The first kappa shape index (κ1) is 6.89. The molecule has 2 heteroatoms. The van der Waals surface area contributed by atoms with Crippen LogP contribution in [0.5, 0.6) is 0 Å². The molecule has 1 aliphatic carbocycles. The molecule has 0 spiro atoms. The molecule has 0 saturated carbocycles. The lowest BCUT2D eigenvalue weighted by Crippen LogP contribution is -2.57. The van der Waals surface area contributed by atoms with Gasteiger partial charge in [0.15, 0.2) is 0 Å². The molecule has 1 fully saturated rings. The largest absolute Gasteiger partial charge is 0.349 e. The Labute approximate surface area is 66.7 Å². The van der Waals surface area contributed by atoms with Crippen molar-refractivity contribution in [2.75, 3.05) is 0 Å². The van der Waals surface area contributed by atoms with Crippen molar-refractivity contribution in [2.45, 2.75) is 31.7 Å². The van der Waals surface area contributed by atoms with Crippen molar-refractivity contribution < 1.29 is 4.79 Å². The summed E-state index contributed by atoms with van der Waals surface area (Å²) < 4.78 is 0. The molecule has 2 unspecified atom stereocenters. The fraction of sp³-hybridized carbons (Fsp3) is 0.667. The summed E-state index contributed by atoms with van der Waals surface area (Å²) in [6.07, 6.45) is 9.05. The average molecular weight is 151 g/mol. The Morgan fingerprint density at radius 1 is 1.45 bits per heavy atom. The average Bonchev–Trinajstić information content (AvgIpc) is 1.96. The van der Waals surface area contributed by atoms with E-state index in [2.05, 4.69) is 17.5 Å². The van der Waals surface area contributed by atoms with Gasteiger partial charge in [-0.25, -0.2) is 0 Å². The highest BCUT2D eigenvalue weighted by molar-refractivity contribution is 5.86. The van der Waals surface area contributed by atoms with Gasteiger partial charge in [-0.2, -0.15) is 0 Å². The van der Waals surface area contributed by atoms with Crippen LogP contribution in [-0.4, -0.2) is 11.9 Å². The topological polar surface area (TPSA) is 29.1 Å². The maximum Gasteiger partial charge on any atom is 0.226 e. The van der Waals surface area contributed by atoms with E-state index in [1.807, 2.05) is 0 Å². The molecule has 0 bridgehead atoms. The smallest absolute Gasteiger partial charge is 0.226 e. The highest BCUT2D eigenvalue weighted by atomic mass is 16.2. The van der Waals surface area contributed by atoms with Gasteiger partial charge in [0.1, 0.15) is 0 Å². The predicted molar refractivity (Wildman–Crippen MR) is 43.0 cm³/mol. The van der Waals surface area contributed by atoms with E-state index in [4.69, 9.17) is 0 Å². The Kier molecular flexibility index (Phi) is 1.68. The Hall–Kier alpha value is -0.790. The van der Waals surface area contributed by atoms with Gasteiger partial charge in [-0.1, -0.05) is 18.6 Å². The van der Waals surface area contributed by atoms with E-state index in [9.17, 15) is 4.79 Å². The van der Waals surface area contributed by atoms with Crippen LogP contribution < -0.4 is 5.32 Å². The minimum Gasteiger partial charge on any atom is -0.349 e. The van der Waals surface area contributed by atoms with E-state index < -0.39 is 0 Å². The summed E-state index contributed by atoms with van der Waals surface area (Å²) in [5.74, 6) is 0.549. The molecule has 0 aromatic carbocycles. The van der Waals surface area contributed by atoms with Crippen molar-refractivity contribution in [1.82, 2.24) is 5.32 Å². The van der Waals surface area contributed by atoms with Crippen molar-refractivity contribution in [3.8, 4) is 0 Å². The molecule has 2 nitrogen and oxygen atoms in total. The lowest BCUT2D eigenvalue weighted by molar-refractivity contribution is -0.133. The third-order valence-electron chi connectivity index (χ3n) is 2.56. The lowest BCUT2D eigenvalue weighted by atomic mass is 9.84. The molecule has 0 aromatic heterocycles. The number of nitrogens with one attached hydrogen (secondary N) is 1. The molecule has 60 valence electrons. The molecule has 1 aliphatic heterocycles. The quantitative estimate of drug-likeness (QED) is 0.409. The summed E-state index contributed by atoms with van der Waals surface area (Å²) in [5.41, 5.74) is 0. The van der Waals surface area contributed by atoms with Gasteiger partial charge in [0.25, 0.3) is 0 Å². The van der Waals surface area contributed by atoms with E-state index in [0.717, 1.165) is 6.42 Å². The molecule has 1 amide bonds. The van der Waals surface area contributed by atoms with Crippen LogP contribution in [0.25, 0.3) is 0 Å². The first-order valence-corrected chi connectivity index (χ1v) is 4.35. The standard InChI is InChI=1S/C9H13NO/c11-9-7-5-3-1-2-4-6-8(7)10-9/h4,6-8H,1-3,5H2,(H,10,11). The van der Waals surface area contributed by atoms with Gasteiger partial charge in [0.05, 0.1) is 12.0 Å². The zero-order valence-electron chi connectivity index (χ0n) is 6.55. The monoisotopic (exact) mass is 151 g/mol. The summed E-state index contributed by atoms with van der Waals surface area (Å²) in [7, 11) is 0. The number of allylic oxidation sites excluding steroid dienone is 1. The van der Waals surface area contributed by atoms with Crippen molar-refractivity contribution in [3.05, 3.63) is 12.2 Å². The summed E-state index contributed by atoms with van der Waals surface area (Å²) in [6, 6.07) is 0.364. The van der Waals surface area contributed by atoms with Crippen molar-refractivity contribution >= 4 is 5.91 Å². The Morgan fingerprint density at radius 2 is 2.36 bits per heavy atom. The summed E-state index contributed by atoms with van der Waals surface area (Å²) in [5, 5.41) is 2.89. The number of carbonyl (C=O) groups excluding carboxylic acids is 1. The minimum absolute atomic E-state index is 0.251. The lowest BCUT2D eigenvalue weighted by Gasteiger charge is -2.35. The Bertz CT molecular complexity index is 198. The molecule has 0 radical (unpaired) electrons. The molecule has 1 saturated heterocycles. The van der Waals surface area contributed by atoms with Crippen molar-refractivity contribution in [1.29, 1.82) is 0 Å². The van der Waals surface area contributed by atoms with Crippen molar-refractivity contribution in [3.63, 3.8) is 0 Å². The number of hydrogen-bond donors (Lipinski definition) is 1. The van der Waals surface area contributed by atoms with E-state index in [1.165, 1.54) is 19.3 Å². The van der Waals surface area contributed by atoms with Crippen molar-refractivity contribution in [2.24, 2.45) is 5.92 Å². The molecular formula is C9H13NO. The number of amides is 1. The van der Waals surface area contributed by atoms with E-state index >= 15 is 0 Å². The van der Waals surface area contributed by atoms with Crippen LogP contribution in [0.3, 0.4) is 0 Å². The molecular weight excluding hydrogens is 138 g/mol. The van der Waals surface area contributed by atoms with Crippen LogP contribution in [0.4, 0.5) is 0 Å². The van der Waals surface area contributed by atoms with E-state index in [1.54, 1.807) is 0 Å². The SMILES string of the molecule is O=C1NC2C=CCCCCC12. The number of rotatable bonds is 0. The normalized spacial score (nSPS) is 36.2. The predicted octanol–water partition coefficient (Wildman–Crippen LogP) is 1.23. The van der Waals surface area contributed by atoms with E-state index in [0.29, 0.717) is 12.0 Å². The first-order chi connectivity index (χ1) is 5.38. The summed E-state index contributed by atoms with van der Waals surface area (Å²) in [4.78, 5) is 11.0. The van der Waals surface area contributed by atoms with Gasteiger partial charge < -0.3 is 5.32 Å². The van der Waals surface area contributed by atoms with Gasteiger partial charge >= 0.3 is 0 Å². The van der Waals surface area contributed by atoms with Gasteiger partial charge in [0, 0.05) is 0 Å². The molecule has 2 aliphatic rings. The van der Waals surface area contributed by atoms with Crippen LogP contribution >= 0.6 is 0 Å². The third kappa shape index (κ3) is 1.17. The maximum absolute atomic E-state index is 11.0. The van der Waals surface area contributed by atoms with Gasteiger partial charge in [-0.15, -0.1) is 0 Å². The number of carbonyl (C=O) groups is 1. The second-order valence-corrected chi connectivity index (χ2v) is 3.35. The molecule has 2 rings (SSSR count). The zero-order chi connectivity index (χ0) is 7.68. The first-order valence-electron chi connectivity index (χ1n) is 4.35. The molecule has 1 heterocycles. The fourth-order valence-electron chi connectivity index (χ4n) is 1.80. The fourth-order valence-corrected chi connectivity index (χ4v) is 1.80. The molecule has 1 N–H and O–H groups in total. The zero-order valence-corrected chi connectivity index (χ0v) is 6.55. The van der Waals surface area contributed by atoms with Gasteiger partial charge in [0.2, 0.25) is 5.91 Å². The minimum atomic E-state index is 0.251. The molecule has 2 atom stereocenters. The second kappa shape index (κ2) is 2.68. The highest BCUT2D eigenvalue weighted by Crippen LogP contribution is 2.24. The summed E-state index contributed by atoms with van der Waals surface area (Å²) >= 11 is 0. The van der Waals surface area contributed by atoms with Crippen LogP contribution in [-0.2, 0) is 4.79 Å². The second-order valence-electron chi connectivity index (χ2n) is 3.35. The number of hydrogen-bond acceptors (Lipinski definition) is 1. The Morgan fingerprint density at radius 3 is 3.18 bits per heavy atom. The van der Waals surface area contributed by atoms with Crippen LogP contribution in [0.1, 0.15) is 25.7 Å². The van der Waals surface area contributed by atoms with E-state index in [-0.39, 0.29) is 5.91 Å². The number of β-lactam (4-membered cyclic amide) rings is 1. The number of fused-ring (bicyclic) bond motifs is 1. The van der Waals surface area contributed by atoms with Crippen LogP contribution in [0, 0.1) is 5.92 Å². The third-order valence-corrected chi connectivity index (χ3v) is 2.56. The Balaban J connectivity index is 2.04.